The number of hydrogen-bond acceptors (Lipinski definition) is 2. The molecule has 0 aliphatic carbocycles. The lowest BCUT2D eigenvalue weighted by Gasteiger charge is -2.19. The van der Waals surface area contributed by atoms with Crippen molar-refractivity contribution in [3.63, 3.8) is 0 Å². The molecule has 23 heavy (non-hydrogen) atoms. The van der Waals surface area contributed by atoms with Crippen LogP contribution < -0.4 is 9.05 Å². The number of para-hydroxylation sites is 2. The summed E-state index contributed by atoms with van der Waals surface area (Å²) in [6.45, 7) is 2.12. The average Bonchev–Trinajstić information content (AvgIpc) is 2.59. The predicted octanol–water partition coefficient (Wildman–Crippen LogP) is 5.96. The zero-order valence-corrected chi connectivity index (χ0v) is 13.9. The van der Waals surface area contributed by atoms with Crippen LogP contribution in [-0.2, 0) is 6.16 Å². The molecule has 3 aromatic carbocycles. The van der Waals surface area contributed by atoms with E-state index in [1.54, 1.807) is 0 Å². The molecule has 3 heteroatoms. The molecule has 0 spiro atoms. The van der Waals surface area contributed by atoms with Crippen LogP contribution in [0.4, 0.5) is 0 Å². The first-order valence-corrected chi connectivity index (χ1v) is 8.95. The topological polar surface area (TPSA) is 18.5 Å². The van der Waals surface area contributed by atoms with E-state index < -0.39 is 8.38 Å². The van der Waals surface area contributed by atoms with Crippen LogP contribution in [0.15, 0.2) is 84.9 Å². The molecule has 3 rings (SSSR count). The Morgan fingerprint density at radius 3 is 1.65 bits per heavy atom. The summed E-state index contributed by atoms with van der Waals surface area (Å²) in [7, 11) is -1.11. The maximum Gasteiger partial charge on any atom is 0.295 e. The number of hydrogen-bond donors (Lipinski definition) is 0. The molecule has 0 heterocycles. The minimum atomic E-state index is -1.11. The van der Waals surface area contributed by atoms with Crippen LogP contribution in [0.2, 0.25) is 0 Å². The molecule has 0 aliphatic heterocycles. The fourth-order valence-corrected chi connectivity index (χ4v) is 3.72. The molecular formula is C20H19O2P. The number of aryl methyl sites for hydroxylation is 1. The summed E-state index contributed by atoms with van der Waals surface area (Å²) >= 11 is 0. The molecule has 0 aliphatic rings. The summed E-state index contributed by atoms with van der Waals surface area (Å²) in [6.07, 6.45) is 0.756. The second-order valence-electron chi connectivity index (χ2n) is 5.23. The van der Waals surface area contributed by atoms with E-state index in [1.807, 2.05) is 60.7 Å². The zero-order chi connectivity index (χ0) is 15.9. The van der Waals surface area contributed by atoms with Crippen molar-refractivity contribution in [2.45, 2.75) is 13.1 Å². The van der Waals surface area contributed by atoms with Crippen molar-refractivity contribution in [3.05, 3.63) is 96.1 Å². The van der Waals surface area contributed by atoms with E-state index in [1.165, 1.54) is 11.1 Å². The van der Waals surface area contributed by atoms with Crippen LogP contribution >= 0.6 is 8.38 Å². The molecule has 2 nitrogen and oxygen atoms in total. The monoisotopic (exact) mass is 322 g/mol. The van der Waals surface area contributed by atoms with Crippen molar-refractivity contribution >= 4 is 8.38 Å². The van der Waals surface area contributed by atoms with Crippen molar-refractivity contribution in [3.8, 4) is 11.5 Å². The lowest BCUT2D eigenvalue weighted by atomic mass is 10.1. The summed E-state index contributed by atoms with van der Waals surface area (Å²) in [6, 6.07) is 28.0. The molecule has 0 atom stereocenters. The van der Waals surface area contributed by atoms with Gasteiger partial charge in [0, 0.05) is 0 Å². The summed E-state index contributed by atoms with van der Waals surface area (Å²) < 4.78 is 12.2. The molecule has 3 aromatic rings. The first-order chi connectivity index (χ1) is 11.3. The van der Waals surface area contributed by atoms with Crippen LogP contribution in [-0.4, -0.2) is 0 Å². The predicted molar refractivity (Wildman–Crippen MR) is 95.9 cm³/mol. The van der Waals surface area contributed by atoms with Crippen molar-refractivity contribution in [1.82, 2.24) is 0 Å². The molecule has 0 radical (unpaired) electrons. The molecule has 0 fully saturated rings. The third kappa shape index (κ3) is 4.58. The Morgan fingerprint density at radius 2 is 1.13 bits per heavy atom. The van der Waals surface area contributed by atoms with Gasteiger partial charge in [-0.25, -0.2) is 0 Å². The van der Waals surface area contributed by atoms with E-state index in [-0.39, 0.29) is 0 Å². The van der Waals surface area contributed by atoms with Gasteiger partial charge in [0.05, 0.1) is 6.16 Å². The molecule has 0 bridgehead atoms. The Bertz CT molecular complexity index is 687. The van der Waals surface area contributed by atoms with Crippen molar-refractivity contribution in [1.29, 1.82) is 0 Å². The Morgan fingerprint density at radius 1 is 0.652 bits per heavy atom. The molecular weight excluding hydrogens is 303 g/mol. The van der Waals surface area contributed by atoms with E-state index in [0.717, 1.165) is 17.7 Å². The molecule has 0 saturated carbocycles. The molecule has 0 N–H and O–H groups in total. The summed E-state index contributed by atoms with van der Waals surface area (Å²) in [5.41, 5.74) is 2.51. The highest BCUT2D eigenvalue weighted by Gasteiger charge is 2.17. The van der Waals surface area contributed by atoms with Gasteiger partial charge in [-0.15, -0.1) is 0 Å². The highest BCUT2D eigenvalue weighted by molar-refractivity contribution is 7.47. The Balaban J connectivity index is 1.79. The first-order valence-electron chi connectivity index (χ1n) is 7.59. The number of rotatable bonds is 6. The van der Waals surface area contributed by atoms with Crippen molar-refractivity contribution < 1.29 is 9.05 Å². The minimum absolute atomic E-state index is 0.756. The third-order valence-corrected chi connectivity index (χ3v) is 4.89. The summed E-state index contributed by atoms with van der Waals surface area (Å²) in [5.74, 6) is 1.67. The largest absolute Gasteiger partial charge is 0.438 e. The molecule has 0 saturated heterocycles. The van der Waals surface area contributed by atoms with Gasteiger partial charge in [-0.3, -0.25) is 0 Å². The Kier molecular flexibility index (Phi) is 5.29. The van der Waals surface area contributed by atoms with Crippen molar-refractivity contribution in [2.75, 3.05) is 0 Å². The smallest absolute Gasteiger partial charge is 0.295 e. The second-order valence-corrected chi connectivity index (χ2v) is 6.57. The van der Waals surface area contributed by atoms with Gasteiger partial charge in [0.25, 0.3) is 8.38 Å². The Hall–Kier alpha value is -2.31. The molecule has 0 aromatic heterocycles. The molecule has 116 valence electrons. The fourth-order valence-electron chi connectivity index (χ4n) is 2.21. The SMILES string of the molecule is Cc1ccccc1CP(Oc1ccccc1)Oc1ccccc1. The standard InChI is InChI=1S/C20H19O2P/c1-17-10-8-9-11-18(17)16-23(21-19-12-4-2-5-13-19)22-20-14-6-3-7-15-20/h2-15H,16H2,1H3. The van der Waals surface area contributed by atoms with E-state index >= 15 is 0 Å². The average molecular weight is 322 g/mol. The highest BCUT2D eigenvalue weighted by Crippen LogP contribution is 2.43. The van der Waals surface area contributed by atoms with Gasteiger partial charge in [0.15, 0.2) is 0 Å². The van der Waals surface area contributed by atoms with Gasteiger partial charge in [0.1, 0.15) is 11.5 Å². The lowest BCUT2D eigenvalue weighted by Crippen LogP contribution is -2.00. The van der Waals surface area contributed by atoms with Crippen LogP contribution in [0.3, 0.4) is 0 Å². The van der Waals surface area contributed by atoms with Gasteiger partial charge >= 0.3 is 0 Å². The van der Waals surface area contributed by atoms with Gasteiger partial charge in [-0.05, 0) is 42.3 Å². The van der Waals surface area contributed by atoms with Gasteiger partial charge in [0.2, 0.25) is 0 Å². The van der Waals surface area contributed by atoms with Crippen LogP contribution in [0.5, 0.6) is 11.5 Å². The van der Waals surface area contributed by atoms with Gasteiger partial charge < -0.3 is 9.05 Å². The Labute approximate surface area is 138 Å². The normalized spacial score (nSPS) is 10.5. The molecule has 0 unspecified atom stereocenters. The van der Waals surface area contributed by atoms with Crippen LogP contribution in [0, 0.1) is 6.92 Å². The summed E-state index contributed by atoms with van der Waals surface area (Å²) in [5, 5.41) is 0. The minimum Gasteiger partial charge on any atom is -0.438 e. The highest BCUT2D eigenvalue weighted by atomic mass is 31.2. The van der Waals surface area contributed by atoms with Gasteiger partial charge in [-0.1, -0.05) is 60.7 Å². The van der Waals surface area contributed by atoms with E-state index in [4.69, 9.17) is 9.05 Å². The first kappa shape index (κ1) is 15.6. The number of benzene rings is 3. The maximum absolute atomic E-state index is 6.12. The molecule has 0 amide bonds. The lowest BCUT2D eigenvalue weighted by molar-refractivity contribution is 0.488. The van der Waals surface area contributed by atoms with Crippen LogP contribution in [0.25, 0.3) is 0 Å². The van der Waals surface area contributed by atoms with Crippen molar-refractivity contribution in [2.24, 2.45) is 0 Å². The van der Waals surface area contributed by atoms with Gasteiger partial charge in [-0.2, -0.15) is 0 Å². The van der Waals surface area contributed by atoms with Crippen LogP contribution in [0.1, 0.15) is 11.1 Å². The fraction of sp³-hybridized carbons (Fsp3) is 0.100. The zero-order valence-electron chi connectivity index (χ0n) is 13.1. The van der Waals surface area contributed by atoms with E-state index in [0.29, 0.717) is 0 Å². The van der Waals surface area contributed by atoms with E-state index in [2.05, 4.69) is 31.2 Å². The quantitative estimate of drug-likeness (QED) is 0.521. The second kappa shape index (κ2) is 7.80. The maximum atomic E-state index is 6.12. The third-order valence-electron chi connectivity index (χ3n) is 3.46. The summed E-state index contributed by atoms with van der Waals surface area (Å²) in [4.78, 5) is 0. The van der Waals surface area contributed by atoms with E-state index in [9.17, 15) is 0 Å².